The zero-order chi connectivity index (χ0) is 12.5. The number of nitrogens with zero attached hydrogens (tertiary/aromatic N) is 3. The second-order valence-corrected chi connectivity index (χ2v) is 4.02. The van der Waals surface area contributed by atoms with E-state index in [-0.39, 0.29) is 12.4 Å². The molecule has 0 radical (unpaired) electrons. The fourth-order valence-electron chi connectivity index (χ4n) is 1.88. The number of phenolic OH excluding ortho intramolecular Hbond substituents is 1. The molecule has 0 aliphatic heterocycles. The number of aliphatic hydroxyl groups excluding tert-OH is 1. The van der Waals surface area contributed by atoms with Gasteiger partial charge >= 0.3 is 0 Å². The number of rotatable bonds is 3. The maximum absolute atomic E-state index is 9.26. The summed E-state index contributed by atoms with van der Waals surface area (Å²) in [4.78, 5) is 0. The van der Waals surface area contributed by atoms with Crippen LogP contribution < -0.4 is 0 Å². The molecule has 0 fully saturated rings. The Hall–Kier alpha value is -2.34. The molecule has 92 valence electrons. The second-order valence-electron chi connectivity index (χ2n) is 4.02. The highest BCUT2D eigenvalue weighted by atomic mass is 16.3. The number of hydrogen-bond donors (Lipinski definition) is 3. The number of aliphatic hydroxyl groups is 1. The van der Waals surface area contributed by atoms with Gasteiger partial charge in [-0.05, 0) is 24.3 Å². The molecule has 18 heavy (non-hydrogen) atoms. The Morgan fingerprint density at radius 2 is 1.94 bits per heavy atom. The number of phenols is 1. The topological polar surface area (TPSA) is 86.4 Å². The number of benzene rings is 1. The molecule has 0 aliphatic rings. The van der Waals surface area contributed by atoms with Gasteiger partial charge in [-0.2, -0.15) is 0 Å². The van der Waals surface area contributed by atoms with Gasteiger partial charge in [-0.15, -0.1) is 10.2 Å². The smallest absolute Gasteiger partial charge is 0.183 e. The number of H-pyrrole nitrogens is 1. The van der Waals surface area contributed by atoms with Crippen molar-refractivity contribution in [2.45, 2.75) is 6.42 Å². The first-order chi connectivity index (χ1) is 8.78. The predicted octanol–water partition coefficient (Wildman–Crippen LogP) is 0.965. The monoisotopic (exact) mass is 244 g/mol. The van der Waals surface area contributed by atoms with E-state index < -0.39 is 0 Å². The molecule has 0 saturated heterocycles. The quantitative estimate of drug-likeness (QED) is 0.640. The molecule has 0 atom stereocenters. The van der Waals surface area contributed by atoms with Crippen molar-refractivity contribution in [2.75, 3.05) is 6.61 Å². The minimum Gasteiger partial charge on any atom is -0.508 e. The fourth-order valence-corrected chi connectivity index (χ4v) is 1.88. The van der Waals surface area contributed by atoms with Gasteiger partial charge in [0.25, 0.3) is 0 Å². The van der Waals surface area contributed by atoms with Crippen molar-refractivity contribution < 1.29 is 10.2 Å². The van der Waals surface area contributed by atoms with Crippen LogP contribution in [-0.2, 0) is 6.42 Å². The molecule has 0 aliphatic carbocycles. The third-order valence-electron chi connectivity index (χ3n) is 2.75. The SMILES string of the molecule is OCCc1cc2nnc(-c3ccc(O)cc3)n2[nH]1. The average molecular weight is 244 g/mol. The van der Waals surface area contributed by atoms with Crippen LogP contribution in [0.4, 0.5) is 0 Å². The number of aromatic amines is 1. The molecular formula is C12H12N4O2. The van der Waals surface area contributed by atoms with Gasteiger partial charge in [-0.1, -0.05) is 0 Å². The van der Waals surface area contributed by atoms with Crippen molar-refractivity contribution in [3.63, 3.8) is 0 Å². The highest BCUT2D eigenvalue weighted by molar-refractivity contribution is 5.60. The first-order valence-electron chi connectivity index (χ1n) is 5.61. The van der Waals surface area contributed by atoms with Crippen LogP contribution in [0.5, 0.6) is 5.75 Å². The van der Waals surface area contributed by atoms with Crippen molar-refractivity contribution in [2.24, 2.45) is 0 Å². The van der Waals surface area contributed by atoms with Gasteiger partial charge in [0.1, 0.15) is 5.75 Å². The summed E-state index contributed by atoms with van der Waals surface area (Å²) in [5, 5.41) is 29.4. The first-order valence-corrected chi connectivity index (χ1v) is 5.61. The van der Waals surface area contributed by atoms with Crippen LogP contribution in [0.3, 0.4) is 0 Å². The van der Waals surface area contributed by atoms with Gasteiger partial charge in [0, 0.05) is 30.4 Å². The normalized spacial score (nSPS) is 11.2. The van der Waals surface area contributed by atoms with Crippen molar-refractivity contribution in [1.82, 2.24) is 19.8 Å². The molecule has 2 aromatic heterocycles. The maximum atomic E-state index is 9.26. The molecule has 2 heterocycles. The summed E-state index contributed by atoms with van der Waals surface area (Å²) >= 11 is 0. The highest BCUT2D eigenvalue weighted by Crippen LogP contribution is 2.21. The maximum Gasteiger partial charge on any atom is 0.183 e. The predicted molar refractivity (Wildman–Crippen MR) is 65.2 cm³/mol. The lowest BCUT2D eigenvalue weighted by Gasteiger charge is -1.98. The molecule has 0 spiro atoms. The van der Waals surface area contributed by atoms with Crippen molar-refractivity contribution in [3.8, 4) is 17.1 Å². The summed E-state index contributed by atoms with van der Waals surface area (Å²) < 4.78 is 1.76. The zero-order valence-electron chi connectivity index (χ0n) is 9.54. The molecule has 0 bridgehead atoms. The third kappa shape index (κ3) is 1.72. The summed E-state index contributed by atoms with van der Waals surface area (Å²) in [6, 6.07) is 8.62. The lowest BCUT2D eigenvalue weighted by atomic mass is 10.2. The molecule has 6 nitrogen and oxygen atoms in total. The Morgan fingerprint density at radius 3 is 2.67 bits per heavy atom. The Labute approximate surface area is 103 Å². The molecule has 1 aromatic carbocycles. The van der Waals surface area contributed by atoms with Gasteiger partial charge in [0.2, 0.25) is 0 Å². The third-order valence-corrected chi connectivity index (χ3v) is 2.75. The Morgan fingerprint density at radius 1 is 1.17 bits per heavy atom. The van der Waals surface area contributed by atoms with Crippen LogP contribution in [0, 0.1) is 0 Å². The van der Waals surface area contributed by atoms with Crippen LogP contribution in [0.2, 0.25) is 0 Å². The molecule has 3 aromatic rings. The van der Waals surface area contributed by atoms with Gasteiger partial charge in [-0.3, -0.25) is 5.10 Å². The number of hydrogen-bond acceptors (Lipinski definition) is 4. The minimum atomic E-state index is 0.0889. The van der Waals surface area contributed by atoms with Crippen LogP contribution in [0.1, 0.15) is 5.69 Å². The lowest BCUT2D eigenvalue weighted by Crippen LogP contribution is -1.94. The van der Waals surface area contributed by atoms with Gasteiger partial charge in [-0.25, -0.2) is 4.52 Å². The van der Waals surface area contributed by atoms with E-state index in [1.807, 2.05) is 6.07 Å². The molecule has 0 saturated carbocycles. The van der Waals surface area contributed by atoms with E-state index in [9.17, 15) is 5.11 Å². The van der Waals surface area contributed by atoms with Crippen LogP contribution >= 0.6 is 0 Å². The van der Waals surface area contributed by atoms with Gasteiger partial charge < -0.3 is 10.2 Å². The largest absolute Gasteiger partial charge is 0.508 e. The Balaban J connectivity index is 2.08. The van der Waals surface area contributed by atoms with Crippen LogP contribution in [-0.4, -0.2) is 36.6 Å². The zero-order valence-corrected chi connectivity index (χ0v) is 9.54. The lowest BCUT2D eigenvalue weighted by molar-refractivity contribution is 0.298. The highest BCUT2D eigenvalue weighted by Gasteiger charge is 2.10. The summed E-state index contributed by atoms with van der Waals surface area (Å²) in [5.74, 6) is 0.890. The molecule has 3 rings (SSSR count). The summed E-state index contributed by atoms with van der Waals surface area (Å²) in [5.41, 5.74) is 2.47. The van der Waals surface area contributed by atoms with E-state index in [1.54, 1.807) is 28.8 Å². The fraction of sp³-hybridized carbons (Fsp3) is 0.167. The van der Waals surface area contributed by atoms with Crippen molar-refractivity contribution in [1.29, 1.82) is 0 Å². The second kappa shape index (κ2) is 4.15. The number of aromatic hydroxyl groups is 1. The Kier molecular flexibility index (Phi) is 2.49. The minimum absolute atomic E-state index is 0.0889. The number of fused-ring (bicyclic) bond motifs is 1. The number of aromatic nitrogens is 4. The summed E-state index contributed by atoms with van der Waals surface area (Å²) in [6.07, 6.45) is 0.554. The van der Waals surface area contributed by atoms with E-state index in [0.29, 0.717) is 17.9 Å². The summed E-state index contributed by atoms with van der Waals surface area (Å²) in [6.45, 7) is 0.0889. The van der Waals surface area contributed by atoms with E-state index in [4.69, 9.17) is 5.11 Å². The van der Waals surface area contributed by atoms with E-state index in [0.717, 1.165) is 11.3 Å². The van der Waals surface area contributed by atoms with E-state index >= 15 is 0 Å². The number of nitrogens with one attached hydrogen (secondary N) is 1. The Bertz CT molecular complexity index is 669. The first kappa shape index (κ1) is 10.8. The molecular weight excluding hydrogens is 232 g/mol. The van der Waals surface area contributed by atoms with E-state index in [2.05, 4.69) is 15.3 Å². The van der Waals surface area contributed by atoms with Crippen LogP contribution in [0.25, 0.3) is 17.0 Å². The van der Waals surface area contributed by atoms with Gasteiger partial charge in [0.15, 0.2) is 11.5 Å². The molecule has 0 amide bonds. The summed E-state index contributed by atoms with van der Waals surface area (Å²) in [7, 11) is 0. The average Bonchev–Trinajstić information content (AvgIpc) is 2.90. The standard InChI is InChI=1S/C12H12N4O2/c17-6-5-9-7-11-13-14-12(16(11)15-9)8-1-3-10(18)4-2-8/h1-4,7,15,17-18H,5-6H2. The van der Waals surface area contributed by atoms with Crippen molar-refractivity contribution in [3.05, 3.63) is 36.0 Å². The molecule has 0 unspecified atom stereocenters. The molecule has 6 heteroatoms. The van der Waals surface area contributed by atoms with E-state index in [1.165, 1.54) is 0 Å². The van der Waals surface area contributed by atoms with Gasteiger partial charge in [0.05, 0.1) is 0 Å². The van der Waals surface area contributed by atoms with Crippen molar-refractivity contribution >= 4 is 5.65 Å². The molecule has 3 N–H and O–H groups in total. The van der Waals surface area contributed by atoms with Crippen LogP contribution in [0.15, 0.2) is 30.3 Å².